The number of nitrogens with zero attached hydrogens (tertiary/aromatic N) is 1. The quantitative estimate of drug-likeness (QED) is 0.792. The fourth-order valence-corrected chi connectivity index (χ4v) is 2.99. The van der Waals surface area contributed by atoms with Gasteiger partial charge in [-0.05, 0) is 38.8 Å². The zero-order valence-electron chi connectivity index (χ0n) is 12.0. The van der Waals surface area contributed by atoms with Crippen LogP contribution in [0.5, 0.6) is 0 Å². The molecule has 0 aromatic carbocycles. The topological polar surface area (TPSA) is 53.6 Å². The van der Waals surface area contributed by atoms with E-state index >= 15 is 0 Å². The molecule has 2 N–H and O–H groups in total. The molecule has 2 atom stereocenters. The molecule has 0 aromatic rings. The van der Waals surface area contributed by atoms with Gasteiger partial charge in [0.1, 0.15) is 0 Å². The average molecular weight is 269 g/mol. The van der Waals surface area contributed by atoms with E-state index in [-0.39, 0.29) is 12.1 Å². The highest BCUT2D eigenvalue weighted by Gasteiger charge is 2.21. The van der Waals surface area contributed by atoms with Gasteiger partial charge in [-0.15, -0.1) is 0 Å². The smallest absolute Gasteiger partial charge is 0.314 e. The highest BCUT2D eigenvalue weighted by atomic mass is 16.5. The maximum Gasteiger partial charge on any atom is 0.314 e. The molecule has 0 saturated carbocycles. The van der Waals surface area contributed by atoms with E-state index in [0.29, 0.717) is 12.6 Å². The number of hydrogen-bond donors (Lipinski definition) is 2. The van der Waals surface area contributed by atoms with Crippen molar-refractivity contribution in [1.29, 1.82) is 0 Å². The molecule has 19 heavy (non-hydrogen) atoms. The summed E-state index contributed by atoms with van der Waals surface area (Å²) in [5.41, 5.74) is 0. The number of rotatable bonds is 5. The average Bonchev–Trinajstić information content (AvgIpc) is 2.96. The fourth-order valence-electron chi connectivity index (χ4n) is 2.99. The number of likely N-dealkylation sites (N-methyl/N-ethyl adjacent to an activating group) is 1. The number of carbonyl (C=O) groups excluding carboxylic acids is 1. The summed E-state index contributed by atoms with van der Waals surface area (Å²) < 4.78 is 5.48. The molecular weight excluding hydrogens is 242 g/mol. The lowest BCUT2D eigenvalue weighted by Gasteiger charge is -2.34. The first-order chi connectivity index (χ1) is 9.29. The maximum absolute atomic E-state index is 11.7. The molecule has 2 heterocycles. The lowest BCUT2D eigenvalue weighted by molar-refractivity contribution is 0.111. The van der Waals surface area contributed by atoms with E-state index in [0.717, 1.165) is 32.5 Å². The van der Waals surface area contributed by atoms with Crippen molar-refractivity contribution in [3.8, 4) is 0 Å². The second-order valence-electron chi connectivity index (χ2n) is 5.50. The van der Waals surface area contributed by atoms with Crippen molar-refractivity contribution in [3.63, 3.8) is 0 Å². The molecule has 0 radical (unpaired) electrons. The Morgan fingerprint density at radius 1 is 1.21 bits per heavy atom. The van der Waals surface area contributed by atoms with E-state index in [1.165, 1.54) is 25.8 Å². The fraction of sp³-hybridized carbons (Fsp3) is 0.929. The van der Waals surface area contributed by atoms with Crippen molar-refractivity contribution in [2.45, 2.75) is 51.2 Å². The van der Waals surface area contributed by atoms with Crippen LogP contribution >= 0.6 is 0 Å². The number of hydrogen-bond acceptors (Lipinski definition) is 3. The molecule has 5 nitrogen and oxygen atoms in total. The van der Waals surface area contributed by atoms with E-state index in [2.05, 4.69) is 22.5 Å². The molecule has 2 fully saturated rings. The highest BCUT2D eigenvalue weighted by molar-refractivity contribution is 5.73. The van der Waals surface area contributed by atoms with Crippen molar-refractivity contribution >= 4 is 6.03 Å². The Hall–Kier alpha value is -0.810. The first-order valence-electron chi connectivity index (χ1n) is 7.67. The Bertz CT molecular complexity index is 280. The summed E-state index contributed by atoms with van der Waals surface area (Å²) in [4.78, 5) is 14.2. The van der Waals surface area contributed by atoms with Crippen LogP contribution in [-0.2, 0) is 4.74 Å². The summed E-state index contributed by atoms with van der Waals surface area (Å²) in [5.74, 6) is 0. The summed E-state index contributed by atoms with van der Waals surface area (Å²) in [7, 11) is 0. The molecule has 2 saturated heterocycles. The molecule has 2 amide bonds. The molecule has 0 spiro atoms. The molecule has 2 aliphatic heterocycles. The number of likely N-dealkylation sites (tertiary alicyclic amines) is 1. The van der Waals surface area contributed by atoms with Crippen LogP contribution in [0.15, 0.2) is 0 Å². The molecule has 110 valence electrons. The zero-order valence-corrected chi connectivity index (χ0v) is 12.0. The van der Waals surface area contributed by atoms with Crippen LogP contribution in [0.4, 0.5) is 4.79 Å². The number of nitrogens with one attached hydrogen (secondary N) is 2. The van der Waals surface area contributed by atoms with Gasteiger partial charge in [0.05, 0.1) is 6.10 Å². The number of ether oxygens (including phenoxy) is 1. The predicted octanol–water partition coefficient (Wildman–Crippen LogP) is 1.34. The number of amides is 2. The first-order valence-corrected chi connectivity index (χ1v) is 7.67. The van der Waals surface area contributed by atoms with E-state index in [4.69, 9.17) is 4.74 Å². The monoisotopic (exact) mass is 269 g/mol. The van der Waals surface area contributed by atoms with Crippen LogP contribution in [0.2, 0.25) is 0 Å². The van der Waals surface area contributed by atoms with Crippen molar-refractivity contribution in [2.24, 2.45) is 0 Å². The van der Waals surface area contributed by atoms with Crippen LogP contribution < -0.4 is 10.6 Å². The van der Waals surface area contributed by atoms with E-state index in [1.54, 1.807) is 0 Å². The number of carbonyl (C=O) groups is 1. The summed E-state index contributed by atoms with van der Waals surface area (Å²) >= 11 is 0. The third kappa shape index (κ3) is 4.66. The van der Waals surface area contributed by atoms with Crippen molar-refractivity contribution in [1.82, 2.24) is 15.5 Å². The molecule has 5 heteroatoms. The molecule has 0 bridgehead atoms. The second-order valence-corrected chi connectivity index (χ2v) is 5.50. The van der Waals surface area contributed by atoms with Gasteiger partial charge in [0, 0.05) is 25.7 Å². The van der Waals surface area contributed by atoms with E-state index in [9.17, 15) is 4.79 Å². The third-order valence-corrected chi connectivity index (χ3v) is 4.17. The lowest BCUT2D eigenvalue weighted by Crippen LogP contribution is -2.49. The molecule has 0 aromatic heterocycles. The van der Waals surface area contributed by atoms with E-state index < -0.39 is 0 Å². The summed E-state index contributed by atoms with van der Waals surface area (Å²) in [5, 5.41) is 5.90. The van der Waals surface area contributed by atoms with Gasteiger partial charge in [-0.25, -0.2) is 4.79 Å². The van der Waals surface area contributed by atoms with Crippen molar-refractivity contribution in [3.05, 3.63) is 0 Å². The van der Waals surface area contributed by atoms with Gasteiger partial charge in [0.25, 0.3) is 0 Å². The van der Waals surface area contributed by atoms with Gasteiger partial charge in [0.2, 0.25) is 0 Å². The predicted molar refractivity (Wildman–Crippen MR) is 75.3 cm³/mol. The van der Waals surface area contributed by atoms with Gasteiger partial charge in [0.15, 0.2) is 0 Å². The molecular formula is C14H27N3O2. The normalized spacial score (nSPS) is 28.3. The minimum Gasteiger partial charge on any atom is -0.376 e. The Balaban J connectivity index is 1.61. The first kappa shape index (κ1) is 14.6. The largest absolute Gasteiger partial charge is 0.376 e. The van der Waals surface area contributed by atoms with Gasteiger partial charge >= 0.3 is 6.03 Å². The zero-order chi connectivity index (χ0) is 13.5. The standard InChI is InChI=1S/C14H27N3O2/c1-2-17-8-4-3-6-12(17)10-15-14(18)16-11-13-7-5-9-19-13/h12-13H,2-11H2,1H3,(H2,15,16,18). The maximum atomic E-state index is 11.7. The van der Waals surface area contributed by atoms with Crippen LogP contribution in [0.25, 0.3) is 0 Å². The Labute approximate surface area is 116 Å². The van der Waals surface area contributed by atoms with Crippen LogP contribution in [0, 0.1) is 0 Å². The van der Waals surface area contributed by atoms with E-state index in [1.807, 2.05) is 0 Å². The van der Waals surface area contributed by atoms with Gasteiger partial charge in [-0.3, -0.25) is 4.90 Å². The van der Waals surface area contributed by atoms with Gasteiger partial charge in [-0.1, -0.05) is 13.3 Å². The minimum absolute atomic E-state index is 0.0582. The van der Waals surface area contributed by atoms with Gasteiger partial charge < -0.3 is 15.4 Å². The number of piperidine rings is 1. The van der Waals surface area contributed by atoms with Crippen LogP contribution in [0.1, 0.15) is 39.0 Å². The summed E-state index contributed by atoms with van der Waals surface area (Å²) in [6.45, 7) is 6.65. The van der Waals surface area contributed by atoms with Crippen LogP contribution in [-0.4, -0.2) is 55.9 Å². The molecule has 2 rings (SSSR count). The Morgan fingerprint density at radius 3 is 2.79 bits per heavy atom. The summed E-state index contributed by atoms with van der Waals surface area (Å²) in [6, 6.07) is 0.448. The number of urea groups is 1. The molecule has 0 aliphatic carbocycles. The Morgan fingerprint density at radius 2 is 2.05 bits per heavy atom. The molecule has 2 unspecified atom stereocenters. The summed E-state index contributed by atoms with van der Waals surface area (Å²) in [6.07, 6.45) is 6.15. The van der Waals surface area contributed by atoms with Crippen molar-refractivity contribution in [2.75, 3.05) is 32.8 Å². The van der Waals surface area contributed by atoms with Crippen LogP contribution in [0.3, 0.4) is 0 Å². The SMILES string of the molecule is CCN1CCCCC1CNC(=O)NCC1CCCO1. The second kappa shape index (κ2) is 7.70. The van der Waals surface area contributed by atoms with Gasteiger partial charge in [-0.2, -0.15) is 0 Å². The minimum atomic E-state index is -0.0582. The molecule has 2 aliphatic rings. The third-order valence-electron chi connectivity index (χ3n) is 4.17. The highest BCUT2D eigenvalue weighted by Crippen LogP contribution is 2.15. The Kier molecular flexibility index (Phi) is 5.92. The van der Waals surface area contributed by atoms with Crippen molar-refractivity contribution < 1.29 is 9.53 Å². The lowest BCUT2D eigenvalue weighted by atomic mass is 10.0.